The number of benzene rings is 1. The van der Waals surface area contributed by atoms with Crippen LogP contribution in [0.2, 0.25) is 0 Å². The molecule has 0 radical (unpaired) electrons. The minimum atomic E-state index is -4.03. The highest BCUT2D eigenvalue weighted by atomic mass is 32.2. The van der Waals surface area contributed by atoms with Gasteiger partial charge in [0.05, 0.1) is 18.4 Å². The van der Waals surface area contributed by atoms with Gasteiger partial charge in [-0.2, -0.15) is 4.31 Å². The van der Waals surface area contributed by atoms with Gasteiger partial charge in [-0.3, -0.25) is 10.0 Å². The van der Waals surface area contributed by atoms with Crippen LogP contribution in [0.15, 0.2) is 75.1 Å². The lowest BCUT2D eigenvalue weighted by Crippen LogP contribution is -2.41. The van der Waals surface area contributed by atoms with Crippen molar-refractivity contribution in [3.8, 4) is 21.8 Å². The molecule has 1 amide bonds. The van der Waals surface area contributed by atoms with E-state index in [2.05, 4.69) is 4.98 Å². The van der Waals surface area contributed by atoms with Gasteiger partial charge in [0.25, 0.3) is 10.0 Å². The Hall–Kier alpha value is -2.88. The quantitative estimate of drug-likeness (QED) is 0.243. The van der Waals surface area contributed by atoms with Crippen LogP contribution in [-0.4, -0.2) is 56.1 Å². The fraction of sp³-hybridized carbons (Fsp3) is 0.250. The van der Waals surface area contributed by atoms with Crippen molar-refractivity contribution < 1.29 is 31.3 Å². The molecular weight excluding hydrogens is 571 g/mol. The first-order valence-corrected chi connectivity index (χ1v) is 16.2. The Balaban J connectivity index is 1.51. The van der Waals surface area contributed by atoms with Crippen molar-refractivity contribution in [2.75, 3.05) is 18.8 Å². The van der Waals surface area contributed by atoms with Gasteiger partial charge in [-0.05, 0) is 35.6 Å². The van der Waals surface area contributed by atoms with E-state index < -0.39 is 42.7 Å². The Morgan fingerprint density at radius 2 is 1.89 bits per heavy atom. The zero-order valence-electron chi connectivity index (χ0n) is 19.8. The summed E-state index contributed by atoms with van der Waals surface area (Å²) in [5, 5.41) is 10.9. The van der Waals surface area contributed by atoms with E-state index in [9.17, 15) is 26.8 Å². The third-order valence-corrected chi connectivity index (χ3v) is 13.8. The van der Waals surface area contributed by atoms with E-state index in [1.54, 1.807) is 35.3 Å². The number of hydroxylamine groups is 1. The molecule has 10 nitrogen and oxygen atoms in total. The van der Waals surface area contributed by atoms with E-state index >= 15 is 0 Å². The van der Waals surface area contributed by atoms with Crippen LogP contribution in [-0.2, 0) is 29.4 Å². The zero-order valence-corrected chi connectivity index (χ0v) is 23.1. The standard InChI is InChI=1S/C24H23N3O7S4/c28-22(26-29)14-24(9-10-27(11-13-37(24,30)31)38(32,33)23-2-1-12-35-23)21-8-7-20(36-21)18-5-3-17(4-6-18)19-15-25-16-34-19/h1-8,12,15-16,29H,9-11,13-14H2,(H,26,28). The summed E-state index contributed by atoms with van der Waals surface area (Å²) in [6, 6.07) is 14.0. The number of nitrogens with zero attached hydrogens (tertiary/aromatic N) is 2. The fourth-order valence-corrected chi connectivity index (χ4v) is 10.8. The lowest BCUT2D eigenvalue weighted by atomic mass is 9.97. The number of thiophene rings is 2. The molecule has 0 aliphatic carbocycles. The molecule has 1 fully saturated rings. The smallest absolute Gasteiger partial charge is 0.252 e. The van der Waals surface area contributed by atoms with Gasteiger partial charge in [-0.15, -0.1) is 22.7 Å². The van der Waals surface area contributed by atoms with Gasteiger partial charge in [-0.1, -0.05) is 30.3 Å². The minimum absolute atomic E-state index is 0.0999. The lowest BCUT2D eigenvalue weighted by Gasteiger charge is -2.30. The van der Waals surface area contributed by atoms with Crippen LogP contribution in [0.1, 0.15) is 17.7 Å². The van der Waals surface area contributed by atoms with Crippen molar-refractivity contribution in [1.82, 2.24) is 14.8 Å². The van der Waals surface area contributed by atoms with E-state index in [4.69, 9.17) is 4.42 Å². The molecule has 1 atom stereocenters. The van der Waals surface area contributed by atoms with E-state index in [0.29, 0.717) is 10.6 Å². The first-order chi connectivity index (χ1) is 18.2. The van der Waals surface area contributed by atoms with Gasteiger partial charge in [0.15, 0.2) is 22.0 Å². The Morgan fingerprint density at radius 3 is 2.55 bits per heavy atom. The molecule has 0 saturated carbocycles. The zero-order chi connectivity index (χ0) is 27.0. The van der Waals surface area contributed by atoms with E-state index in [-0.39, 0.29) is 23.7 Å². The molecule has 4 aromatic rings. The maximum absolute atomic E-state index is 13.8. The van der Waals surface area contributed by atoms with E-state index in [1.165, 1.54) is 23.8 Å². The van der Waals surface area contributed by atoms with E-state index in [1.807, 2.05) is 24.3 Å². The molecule has 0 spiro atoms. The second kappa shape index (κ2) is 10.4. The maximum atomic E-state index is 13.8. The number of aromatic nitrogens is 1. The number of amides is 1. The van der Waals surface area contributed by atoms with Gasteiger partial charge in [-0.25, -0.2) is 27.3 Å². The summed E-state index contributed by atoms with van der Waals surface area (Å²) in [5.41, 5.74) is 3.21. The lowest BCUT2D eigenvalue weighted by molar-refractivity contribution is -0.129. The highest BCUT2D eigenvalue weighted by Gasteiger charge is 2.50. The summed E-state index contributed by atoms with van der Waals surface area (Å²) in [6.45, 7) is -0.330. The maximum Gasteiger partial charge on any atom is 0.252 e. The number of carbonyl (C=O) groups excluding carboxylic acids is 1. The monoisotopic (exact) mass is 593 g/mol. The number of sulfone groups is 1. The average molecular weight is 594 g/mol. The van der Waals surface area contributed by atoms with E-state index in [0.717, 1.165) is 31.6 Å². The number of nitrogens with one attached hydrogen (secondary N) is 1. The summed E-state index contributed by atoms with van der Waals surface area (Å²) < 4.78 is 58.7. The Kier molecular flexibility index (Phi) is 7.28. The molecule has 0 bridgehead atoms. The molecule has 200 valence electrons. The molecule has 1 saturated heterocycles. The molecule has 38 heavy (non-hydrogen) atoms. The summed E-state index contributed by atoms with van der Waals surface area (Å²) >= 11 is 2.28. The van der Waals surface area contributed by atoms with Crippen LogP contribution in [0.4, 0.5) is 0 Å². The topological polar surface area (TPSA) is 147 Å². The van der Waals surface area contributed by atoms with Crippen molar-refractivity contribution >= 4 is 48.4 Å². The minimum Gasteiger partial charge on any atom is -0.444 e. The van der Waals surface area contributed by atoms with Gasteiger partial charge < -0.3 is 4.42 Å². The molecule has 3 aromatic heterocycles. The second-order valence-electron chi connectivity index (χ2n) is 8.72. The molecule has 1 aliphatic heterocycles. The first kappa shape index (κ1) is 26.7. The van der Waals surface area contributed by atoms with Crippen molar-refractivity contribution in [3.05, 3.63) is 71.4 Å². The number of hydrogen-bond donors (Lipinski definition) is 2. The van der Waals surface area contributed by atoms with Crippen LogP contribution in [0.25, 0.3) is 21.8 Å². The van der Waals surface area contributed by atoms with Crippen molar-refractivity contribution in [1.29, 1.82) is 0 Å². The largest absolute Gasteiger partial charge is 0.444 e. The number of sulfonamides is 1. The molecule has 1 aromatic carbocycles. The van der Waals surface area contributed by atoms with Gasteiger partial charge in [0.1, 0.15) is 8.96 Å². The summed E-state index contributed by atoms with van der Waals surface area (Å²) in [7, 11) is -7.92. The normalized spacial score (nSPS) is 20.1. The average Bonchev–Trinajstić information content (AvgIpc) is 3.69. The highest BCUT2D eigenvalue weighted by Crippen LogP contribution is 2.46. The number of rotatable bonds is 7. The molecule has 1 aliphatic rings. The molecule has 14 heteroatoms. The third kappa shape index (κ3) is 4.83. The SMILES string of the molecule is O=C(CC1(c2ccc(-c3ccc(-c4cnco4)cc3)s2)CCN(S(=O)(=O)c2cccs2)CCS1(=O)=O)NO. The van der Waals surface area contributed by atoms with Crippen LogP contribution < -0.4 is 5.48 Å². The predicted octanol–water partition coefficient (Wildman–Crippen LogP) is 3.73. The summed E-state index contributed by atoms with van der Waals surface area (Å²) in [4.78, 5) is 17.5. The van der Waals surface area contributed by atoms with Crippen LogP contribution in [0.3, 0.4) is 0 Å². The summed E-state index contributed by atoms with van der Waals surface area (Å²) in [6.07, 6.45) is 2.27. The fourth-order valence-electron chi connectivity index (χ4n) is 4.52. The number of carbonyl (C=O) groups is 1. The molecular formula is C24H23N3O7S4. The molecule has 4 heterocycles. The van der Waals surface area contributed by atoms with Crippen LogP contribution >= 0.6 is 22.7 Å². The second-order valence-corrected chi connectivity index (χ2v) is 15.3. The molecule has 1 unspecified atom stereocenters. The van der Waals surface area contributed by atoms with Gasteiger partial charge >= 0.3 is 0 Å². The van der Waals surface area contributed by atoms with Crippen molar-refractivity contribution in [2.45, 2.75) is 21.8 Å². The molecule has 5 rings (SSSR count). The van der Waals surface area contributed by atoms with Crippen molar-refractivity contribution in [3.63, 3.8) is 0 Å². The van der Waals surface area contributed by atoms with Crippen LogP contribution in [0, 0.1) is 0 Å². The Morgan fingerprint density at radius 1 is 1.13 bits per heavy atom. The third-order valence-electron chi connectivity index (χ3n) is 6.57. The number of hydrogen-bond acceptors (Lipinski definition) is 10. The van der Waals surface area contributed by atoms with Crippen molar-refractivity contribution in [2.24, 2.45) is 0 Å². The molecule has 2 N–H and O–H groups in total. The Bertz CT molecular complexity index is 1630. The number of oxazole rings is 1. The van der Waals surface area contributed by atoms with Gasteiger partial charge in [0.2, 0.25) is 5.91 Å². The van der Waals surface area contributed by atoms with Gasteiger partial charge in [0, 0.05) is 28.4 Å². The predicted molar refractivity (Wildman–Crippen MR) is 143 cm³/mol. The summed E-state index contributed by atoms with van der Waals surface area (Å²) in [5.74, 6) is -0.714. The Labute approximate surface area is 227 Å². The first-order valence-electron chi connectivity index (χ1n) is 11.4. The highest BCUT2D eigenvalue weighted by molar-refractivity contribution is 7.93. The van der Waals surface area contributed by atoms with Crippen LogP contribution in [0.5, 0.6) is 0 Å².